The van der Waals surface area contributed by atoms with E-state index < -0.39 is 68.2 Å². The molecule has 0 bridgehead atoms. The molecule has 0 aromatic rings. The molecule has 0 unspecified atom stereocenters. The van der Waals surface area contributed by atoms with E-state index in [-0.39, 0.29) is 44.8 Å². The van der Waals surface area contributed by atoms with Crippen LogP contribution in [0.15, 0.2) is 0 Å². The summed E-state index contributed by atoms with van der Waals surface area (Å²) in [6.07, 6.45) is 0. The Morgan fingerprint density at radius 3 is 0.478 bits per heavy atom. The van der Waals surface area contributed by atoms with Gasteiger partial charge in [0.05, 0.1) is 68.2 Å². The van der Waals surface area contributed by atoms with Crippen molar-refractivity contribution in [1.82, 2.24) is 0 Å². The summed E-state index contributed by atoms with van der Waals surface area (Å²) < 4.78 is 120. The summed E-state index contributed by atoms with van der Waals surface area (Å²) in [7, 11) is 0. The topological polar surface area (TPSA) is 268 Å². The minimum Gasteiger partial charge on any atom is -0.749 e. The molecule has 15 nitrogen and oxygen atoms in total. The van der Waals surface area contributed by atoms with E-state index in [1.165, 1.54) is 0 Å². The van der Waals surface area contributed by atoms with Crippen LogP contribution in [0.25, 0.3) is 0 Å². The molecule has 0 N–H and O–H groups in total. The standard InChI is InChI=1S/2Au.3H2O5S2/c;;3*1-6(2)5-7(3)4/h;;3*(H,1,2)(H,3,4)/q2*+3;;;/p-6. The van der Waals surface area contributed by atoms with Crippen LogP contribution in [0.5, 0.6) is 0 Å². The van der Waals surface area contributed by atoms with Crippen molar-refractivity contribution in [2.45, 2.75) is 0 Å². The molecule has 0 saturated heterocycles. The molecule has 148 valence electrons. The Labute approximate surface area is 175 Å². The molecule has 0 aromatic carbocycles. The van der Waals surface area contributed by atoms with Gasteiger partial charge in [-0.05, 0) is 0 Å². The fourth-order valence-electron chi connectivity index (χ4n) is 0.136. The Hall–Kier alpha value is 2.02. The molecule has 0 heterocycles. The zero-order valence-corrected chi connectivity index (χ0v) is 18.4. The van der Waals surface area contributed by atoms with Gasteiger partial charge in [0.2, 0.25) is 0 Å². The first-order valence-electron chi connectivity index (χ1n) is 3.00. The van der Waals surface area contributed by atoms with Crippen LogP contribution in [-0.4, -0.2) is 52.6 Å². The normalized spacial score (nSPS) is 17.0. The van der Waals surface area contributed by atoms with Gasteiger partial charge in [0.1, 0.15) is 0 Å². The fraction of sp³-hybridized carbons (Fsp3) is 0. The minimum absolute atomic E-state index is 0. The zero-order valence-electron chi connectivity index (χ0n) is 9.18. The first-order valence-corrected chi connectivity index (χ1v) is 9.00. The van der Waals surface area contributed by atoms with Gasteiger partial charge >= 0.3 is 44.8 Å². The van der Waals surface area contributed by atoms with Gasteiger partial charge in [0, 0.05) is 0 Å². The van der Waals surface area contributed by atoms with Crippen LogP contribution in [0.2, 0.25) is 0 Å². The average Bonchev–Trinajstić information content (AvgIpc) is 2.10. The number of hydrogen-bond donors (Lipinski definition) is 0. The van der Waals surface area contributed by atoms with Gasteiger partial charge in [-0.1, -0.05) is 0 Å². The van der Waals surface area contributed by atoms with Crippen molar-refractivity contribution in [1.29, 1.82) is 0 Å². The molecular weight excluding hydrogens is 826 g/mol. The molecule has 0 radical (unpaired) electrons. The SMILES string of the molecule is O=S([O-])OS(=O)[O-].O=S([O-])OS(=O)[O-].O=S([O-])OS(=O)[O-].[Au+3].[Au+3]. The van der Waals surface area contributed by atoms with Crippen molar-refractivity contribution >= 4 is 68.2 Å². The van der Waals surface area contributed by atoms with Crippen LogP contribution in [0.4, 0.5) is 0 Å². The van der Waals surface area contributed by atoms with Crippen LogP contribution in [0.3, 0.4) is 0 Å². The van der Waals surface area contributed by atoms with E-state index in [9.17, 15) is 52.6 Å². The van der Waals surface area contributed by atoms with Crippen molar-refractivity contribution in [2.75, 3.05) is 0 Å². The minimum atomic E-state index is -2.96. The number of rotatable bonds is 6. The zero-order chi connectivity index (χ0) is 17.6. The molecule has 0 spiro atoms. The molecule has 23 heteroatoms. The molecule has 0 amide bonds. The van der Waals surface area contributed by atoms with Gasteiger partial charge < -0.3 is 27.3 Å². The maximum absolute atomic E-state index is 9.19. The molecule has 0 fully saturated rings. The van der Waals surface area contributed by atoms with E-state index in [0.717, 1.165) is 0 Å². The summed E-state index contributed by atoms with van der Waals surface area (Å²) in [5, 5.41) is 0. The monoisotopic (exact) mass is 826 g/mol. The van der Waals surface area contributed by atoms with Crippen molar-refractivity contribution in [3.63, 3.8) is 0 Å². The first kappa shape index (κ1) is 36.0. The predicted molar refractivity (Wildman–Crippen MR) is 56.8 cm³/mol. The van der Waals surface area contributed by atoms with Crippen LogP contribution < -0.4 is 0 Å². The summed E-state index contributed by atoms with van der Waals surface area (Å²) in [6, 6.07) is 0. The predicted octanol–water partition coefficient (Wildman–Crippen LogP) is -4.23. The summed E-state index contributed by atoms with van der Waals surface area (Å²) in [5.41, 5.74) is 0. The molecule has 0 saturated carbocycles. The van der Waals surface area contributed by atoms with E-state index in [1.54, 1.807) is 0 Å². The third-order valence-electron chi connectivity index (χ3n) is 0.333. The molecule has 0 aliphatic rings. The van der Waals surface area contributed by atoms with Gasteiger partial charge in [-0.15, -0.1) is 0 Å². The summed E-state index contributed by atoms with van der Waals surface area (Å²) in [5.74, 6) is 0. The Bertz CT molecular complexity index is 318. The van der Waals surface area contributed by atoms with Crippen LogP contribution in [0.1, 0.15) is 0 Å². The Morgan fingerprint density at radius 1 is 0.391 bits per heavy atom. The molecule has 23 heavy (non-hydrogen) atoms. The van der Waals surface area contributed by atoms with Crippen molar-refractivity contribution in [3.8, 4) is 0 Å². The largest absolute Gasteiger partial charge is 3.00 e. The smallest absolute Gasteiger partial charge is 0.749 e. The van der Waals surface area contributed by atoms with Gasteiger partial charge in [0.15, 0.2) is 0 Å². The first-order chi connectivity index (χ1) is 9.38. The maximum Gasteiger partial charge on any atom is 3.00 e. The summed E-state index contributed by atoms with van der Waals surface area (Å²) >= 11 is -17.7. The molecule has 0 aromatic heterocycles. The Morgan fingerprint density at radius 2 is 0.478 bits per heavy atom. The van der Waals surface area contributed by atoms with Gasteiger partial charge in [-0.2, -0.15) is 0 Å². The van der Waals surface area contributed by atoms with E-state index in [4.69, 9.17) is 0 Å². The molecule has 0 atom stereocenters. The molecular formula is Au2O15S6. The maximum atomic E-state index is 9.19. The van der Waals surface area contributed by atoms with E-state index >= 15 is 0 Å². The van der Waals surface area contributed by atoms with Gasteiger partial charge in [-0.25, -0.2) is 36.1 Å². The Balaban J connectivity index is -0.0000000675. The quantitative estimate of drug-likeness (QED) is 0.181. The second-order valence-corrected chi connectivity index (χ2v) is 5.51. The third-order valence-corrected chi connectivity index (χ3v) is 3.00. The summed E-state index contributed by atoms with van der Waals surface area (Å²) in [4.78, 5) is 0. The van der Waals surface area contributed by atoms with Gasteiger partial charge in [0.25, 0.3) is 0 Å². The molecule has 0 aliphatic heterocycles. The van der Waals surface area contributed by atoms with Crippen LogP contribution >= 0.6 is 0 Å². The third kappa shape index (κ3) is 59.3. The summed E-state index contributed by atoms with van der Waals surface area (Å²) in [6.45, 7) is 0. The van der Waals surface area contributed by atoms with Crippen molar-refractivity contribution < 1.29 is 108 Å². The fourth-order valence-corrected chi connectivity index (χ4v) is 1.22. The second-order valence-electron chi connectivity index (χ2n) is 1.43. The van der Waals surface area contributed by atoms with Crippen LogP contribution in [-0.2, 0) is 124 Å². The van der Waals surface area contributed by atoms with E-state index in [1.807, 2.05) is 0 Å². The van der Waals surface area contributed by atoms with Crippen molar-refractivity contribution in [2.24, 2.45) is 0 Å². The van der Waals surface area contributed by atoms with Crippen molar-refractivity contribution in [3.05, 3.63) is 0 Å². The van der Waals surface area contributed by atoms with Crippen LogP contribution in [0, 0.1) is 0 Å². The van der Waals surface area contributed by atoms with Gasteiger partial charge in [-0.3, -0.25) is 0 Å². The Kier molecular flexibility index (Phi) is 37.6. The molecule has 0 aliphatic carbocycles. The van der Waals surface area contributed by atoms with E-state index in [0.29, 0.717) is 0 Å². The molecule has 0 rings (SSSR count). The second kappa shape index (κ2) is 24.0. The number of hydrogen-bond acceptors (Lipinski definition) is 15. The average molecular weight is 826 g/mol. The van der Waals surface area contributed by atoms with E-state index in [2.05, 4.69) is 10.9 Å².